The highest BCUT2D eigenvalue weighted by Crippen LogP contribution is 2.26. The third kappa shape index (κ3) is 3.66. The van der Waals surface area contributed by atoms with Gasteiger partial charge in [0.05, 0.1) is 17.8 Å². The molecule has 1 aromatic carbocycles. The van der Waals surface area contributed by atoms with Gasteiger partial charge in [-0.2, -0.15) is 0 Å². The average Bonchev–Trinajstić information content (AvgIpc) is 3.37. The topological polar surface area (TPSA) is 58.2 Å². The maximum absolute atomic E-state index is 12.8. The molecule has 3 aromatic rings. The summed E-state index contributed by atoms with van der Waals surface area (Å²) in [6.07, 6.45) is 4.83. The molecule has 27 heavy (non-hydrogen) atoms. The van der Waals surface area contributed by atoms with E-state index in [1.165, 1.54) is 11.1 Å². The summed E-state index contributed by atoms with van der Waals surface area (Å²) in [4.78, 5) is 22.3. The normalized spacial score (nSPS) is 14.1. The zero-order valence-corrected chi connectivity index (χ0v) is 16.2. The fourth-order valence-corrected chi connectivity index (χ4v) is 3.87. The fourth-order valence-electron chi connectivity index (χ4n) is 3.25. The first-order valence-corrected chi connectivity index (χ1v) is 9.75. The number of benzene rings is 1. The second-order valence-electron chi connectivity index (χ2n) is 6.51. The number of nitrogens with one attached hydrogen (secondary N) is 1. The monoisotopic (exact) mass is 379 g/mol. The fraction of sp³-hybridized carbons (Fsp3) is 0.238. The molecule has 0 unspecified atom stereocenters. The van der Waals surface area contributed by atoms with Crippen molar-refractivity contribution in [2.45, 2.75) is 13.3 Å². The van der Waals surface area contributed by atoms with Crippen molar-refractivity contribution in [3.8, 4) is 17.0 Å². The number of aryl methyl sites for hydroxylation is 1. The number of amides is 1. The third-order valence-electron chi connectivity index (χ3n) is 4.79. The molecule has 138 valence electrons. The van der Waals surface area contributed by atoms with Crippen molar-refractivity contribution in [2.24, 2.45) is 0 Å². The van der Waals surface area contributed by atoms with Crippen LogP contribution in [0.2, 0.25) is 0 Å². The predicted octanol–water partition coefficient (Wildman–Crippen LogP) is 4.38. The summed E-state index contributed by atoms with van der Waals surface area (Å²) >= 11 is 1.61. The van der Waals surface area contributed by atoms with Crippen LogP contribution in [0.5, 0.6) is 5.75 Å². The number of rotatable bonds is 4. The zero-order valence-electron chi connectivity index (χ0n) is 15.4. The summed E-state index contributed by atoms with van der Waals surface area (Å²) in [5.74, 6) is 0.878. The van der Waals surface area contributed by atoms with Crippen LogP contribution in [0.3, 0.4) is 0 Å². The molecular formula is C21H21N3O2S. The van der Waals surface area contributed by atoms with E-state index in [0.717, 1.165) is 28.4 Å². The molecule has 0 atom stereocenters. The Hall–Kier alpha value is -2.86. The number of carbonyl (C=O) groups is 1. The second-order valence-corrected chi connectivity index (χ2v) is 7.58. The van der Waals surface area contributed by atoms with Crippen LogP contribution < -0.4 is 4.74 Å². The number of aromatic amines is 1. The number of ether oxygens (including phenoxy) is 1. The van der Waals surface area contributed by atoms with E-state index in [-0.39, 0.29) is 5.91 Å². The summed E-state index contributed by atoms with van der Waals surface area (Å²) in [7, 11) is 1.67. The quantitative estimate of drug-likeness (QED) is 0.732. The van der Waals surface area contributed by atoms with Crippen molar-refractivity contribution in [3.63, 3.8) is 0 Å². The molecule has 3 heterocycles. The van der Waals surface area contributed by atoms with E-state index in [4.69, 9.17) is 4.74 Å². The van der Waals surface area contributed by atoms with E-state index >= 15 is 0 Å². The standard InChI is InChI=1S/C21H21N3O2S/c1-14-23-20(13-27-14)17-11-19(22-12-17)21(25)24-9-7-16(8-10-24)15-3-5-18(26-2)6-4-15/h3-7,11-13,22H,8-10H2,1-2H3. The minimum atomic E-state index is 0.0261. The molecule has 0 radical (unpaired) electrons. The largest absolute Gasteiger partial charge is 0.497 e. The first-order valence-electron chi connectivity index (χ1n) is 8.87. The minimum Gasteiger partial charge on any atom is -0.497 e. The molecule has 0 saturated carbocycles. The zero-order chi connectivity index (χ0) is 18.8. The lowest BCUT2D eigenvalue weighted by Gasteiger charge is -2.26. The molecule has 0 saturated heterocycles. The van der Waals surface area contributed by atoms with Crippen LogP contribution in [-0.4, -0.2) is 41.0 Å². The Morgan fingerprint density at radius 1 is 1.26 bits per heavy atom. The van der Waals surface area contributed by atoms with E-state index in [1.54, 1.807) is 18.4 Å². The minimum absolute atomic E-state index is 0.0261. The van der Waals surface area contributed by atoms with Gasteiger partial charge in [0, 0.05) is 30.2 Å². The summed E-state index contributed by atoms with van der Waals surface area (Å²) in [6, 6.07) is 9.95. The van der Waals surface area contributed by atoms with Crippen molar-refractivity contribution in [3.05, 3.63) is 64.2 Å². The van der Waals surface area contributed by atoms with E-state index < -0.39 is 0 Å². The number of hydrogen-bond acceptors (Lipinski definition) is 4. The molecule has 1 aliphatic heterocycles. The van der Waals surface area contributed by atoms with Gasteiger partial charge in [-0.25, -0.2) is 4.98 Å². The summed E-state index contributed by atoms with van der Waals surface area (Å²) in [5, 5.41) is 3.03. The van der Waals surface area contributed by atoms with Gasteiger partial charge in [-0.05, 0) is 42.7 Å². The molecule has 0 aliphatic carbocycles. The lowest BCUT2D eigenvalue weighted by atomic mass is 9.99. The van der Waals surface area contributed by atoms with Gasteiger partial charge < -0.3 is 14.6 Å². The van der Waals surface area contributed by atoms with Gasteiger partial charge in [0.25, 0.3) is 5.91 Å². The first-order chi connectivity index (χ1) is 13.1. The van der Waals surface area contributed by atoms with Gasteiger partial charge >= 0.3 is 0 Å². The molecule has 0 fully saturated rings. The van der Waals surface area contributed by atoms with Gasteiger partial charge in [0.15, 0.2) is 0 Å². The lowest BCUT2D eigenvalue weighted by Crippen LogP contribution is -2.34. The van der Waals surface area contributed by atoms with E-state index in [2.05, 4.69) is 28.2 Å². The number of H-pyrrole nitrogens is 1. The van der Waals surface area contributed by atoms with E-state index in [0.29, 0.717) is 18.8 Å². The Morgan fingerprint density at radius 2 is 2.07 bits per heavy atom. The second kappa shape index (κ2) is 7.40. The molecule has 1 N–H and O–H groups in total. The van der Waals surface area contributed by atoms with Crippen LogP contribution in [0.15, 0.2) is 48.0 Å². The van der Waals surface area contributed by atoms with E-state index in [1.807, 2.05) is 41.6 Å². The molecule has 2 aromatic heterocycles. The highest BCUT2D eigenvalue weighted by atomic mass is 32.1. The molecule has 4 rings (SSSR count). The van der Waals surface area contributed by atoms with Crippen molar-refractivity contribution in [1.82, 2.24) is 14.9 Å². The van der Waals surface area contributed by atoms with Gasteiger partial charge in [-0.1, -0.05) is 18.2 Å². The Morgan fingerprint density at radius 3 is 2.70 bits per heavy atom. The number of methoxy groups -OCH3 is 1. The van der Waals surface area contributed by atoms with Gasteiger partial charge in [-0.15, -0.1) is 11.3 Å². The average molecular weight is 379 g/mol. The molecule has 5 nitrogen and oxygen atoms in total. The maximum Gasteiger partial charge on any atom is 0.270 e. The van der Waals surface area contributed by atoms with Crippen LogP contribution in [-0.2, 0) is 0 Å². The number of thiazole rings is 1. The van der Waals surface area contributed by atoms with Crippen molar-refractivity contribution in [2.75, 3.05) is 20.2 Å². The summed E-state index contributed by atoms with van der Waals surface area (Å²) in [5.41, 5.74) is 4.93. The Kier molecular flexibility index (Phi) is 4.81. The number of nitrogens with zero attached hydrogens (tertiary/aromatic N) is 2. The van der Waals surface area contributed by atoms with Crippen molar-refractivity contribution < 1.29 is 9.53 Å². The molecular weight excluding hydrogens is 358 g/mol. The Labute approximate surface area is 162 Å². The van der Waals surface area contributed by atoms with Crippen LogP contribution in [0.25, 0.3) is 16.8 Å². The first kappa shape index (κ1) is 17.5. The van der Waals surface area contributed by atoms with Gasteiger partial charge in [-0.3, -0.25) is 4.79 Å². The van der Waals surface area contributed by atoms with Crippen LogP contribution >= 0.6 is 11.3 Å². The van der Waals surface area contributed by atoms with Crippen LogP contribution in [0, 0.1) is 6.92 Å². The third-order valence-corrected chi connectivity index (χ3v) is 5.56. The van der Waals surface area contributed by atoms with Crippen molar-refractivity contribution >= 4 is 22.8 Å². The molecule has 0 bridgehead atoms. The number of carbonyl (C=O) groups excluding carboxylic acids is 1. The highest BCUT2D eigenvalue weighted by molar-refractivity contribution is 7.09. The Balaban J connectivity index is 1.45. The highest BCUT2D eigenvalue weighted by Gasteiger charge is 2.21. The lowest BCUT2D eigenvalue weighted by molar-refractivity contribution is 0.0767. The van der Waals surface area contributed by atoms with Gasteiger partial charge in [0.1, 0.15) is 11.4 Å². The molecule has 6 heteroatoms. The number of hydrogen-bond donors (Lipinski definition) is 1. The van der Waals surface area contributed by atoms with Crippen LogP contribution in [0.4, 0.5) is 0 Å². The summed E-state index contributed by atoms with van der Waals surface area (Å²) in [6.45, 7) is 3.30. The molecule has 0 spiro atoms. The van der Waals surface area contributed by atoms with E-state index in [9.17, 15) is 4.79 Å². The number of aromatic nitrogens is 2. The molecule has 1 amide bonds. The van der Waals surface area contributed by atoms with Crippen LogP contribution in [0.1, 0.15) is 27.5 Å². The Bertz CT molecular complexity index is 985. The smallest absolute Gasteiger partial charge is 0.270 e. The molecule has 1 aliphatic rings. The summed E-state index contributed by atoms with van der Waals surface area (Å²) < 4.78 is 5.21. The predicted molar refractivity (Wildman–Crippen MR) is 108 cm³/mol. The van der Waals surface area contributed by atoms with Gasteiger partial charge in [0.2, 0.25) is 0 Å². The van der Waals surface area contributed by atoms with Crippen molar-refractivity contribution in [1.29, 1.82) is 0 Å². The maximum atomic E-state index is 12.8. The SMILES string of the molecule is COc1ccc(C2=CCN(C(=O)c3cc(-c4csc(C)n4)c[nH]3)CC2)cc1.